The molecular formula is C18H20N2O3S. The molecule has 0 aliphatic carbocycles. The summed E-state index contributed by atoms with van der Waals surface area (Å²) >= 11 is 1.55. The molecule has 0 atom stereocenters. The molecular weight excluding hydrogens is 324 g/mol. The fraction of sp³-hybridized carbons (Fsp3) is 0.333. The van der Waals surface area contributed by atoms with Gasteiger partial charge in [0.15, 0.2) is 11.5 Å². The van der Waals surface area contributed by atoms with Gasteiger partial charge in [-0.3, -0.25) is 4.79 Å². The lowest BCUT2D eigenvalue weighted by molar-refractivity contribution is -0.116. The third-order valence-corrected chi connectivity index (χ3v) is 5.04. The summed E-state index contributed by atoms with van der Waals surface area (Å²) in [4.78, 5) is 18.2. The summed E-state index contributed by atoms with van der Waals surface area (Å²) in [5, 5.41) is 1.86. The normalized spacial score (nSPS) is 13.9. The van der Waals surface area contributed by atoms with Crippen LogP contribution >= 0.6 is 11.3 Å². The van der Waals surface area contributed by atoms with Crippen molar-refractivity contribution in [3.8, 4) is 11.5 Å². The highest BCUT2D eigenvalue weighted by molar-refractivity contribution is 7.17. The van der Waals surface area contributed by atoms with Gasteiger partial charge in [-0.15, -0.1) is 0 Å². The molecule has 0 saturated heterocycles. The van der Waals surface area contributed by atoms with Crippen LogP contribution in [-0.4, -0.2) is 31.7 Å². The molecule has 1 aliphatic rings. The van der Waals surface area contributed by atoms with E-state index in [0.717, 1.165) is 40.7 Å². The van der Waals surface area contributed by atoms with Gasteiger partial charge in [0.2, 0.25) is 5.91 Å². The number of amides is 1. The smallest absolute Gasteiger partial charge is 0.224 e. The fourth-order valence-corrected chi connectivity index (χ4v) is 3.90. The maximum Gasteiger partial charge on any atom is 0.224 e. The third-order valence-electron chi connectivity index (χ3n) is 3.95. The van der Waals surface area contributed by atoms with E-state index in [4.69, 9.17) is 9.47 Å². The zero-order valence-corrected chi connectivity index (χ0v) is 14.9. The molecule has 0 saturated carbocycles. The van der Waals surface area contributed by atoms with E-state index < -0.39 is 0 Å². The maximum atomic E-state index is 11.8. The van der Waals surface area contributed by atoms with E-state index in [2.05, 4.69) is 4.98 Å². The summed E-state index contributed by atoms with van der Waals surface area (Å²) in [5.41, 5.74) is 1.94. The molecule has 0 radical (unpaired) electrons. The molecule has 0 spiro atoms. The first kappa shape index (κ1) is 16.5. The highest BCUT2D eigenvalue weighted by Gasteiger charge is 2.23. The molecule has 0 N–H and O–H groups in total. The summed E-state index contributed by atoms with van der Waals surface area (Å²) < 4.78 is 10.8. The van der Waals surface area contributed by atoms with Crippen LogP contribution in [0.5, 0.6) is 11.5 Å². The highest BCUT2D eigenvalue weighted by Crippen LogP contribution is 2.35. The van der Waals surface area contributed by atoms with Crippen LogP contribution in [-0.2, 0) is 11.2 Å². The Bertz CT molecular complexity index is 783. The minimum atomic E-state index is 0.0737. The van der Waals surface area contributed by atoms with E-state index >= 15 is 0 Å². The number of hydrogen-bond acceptors (Lipinski definition) is 5. The minimum absolute atomic E-state index is 0.0737. The van der Waals surface area contributed by atoms with Gasteiger partial charge in [0.05, 0.1) is 19.9 Å². The molecule has 6 heteroatoms. The van der Waals surface area contributed by atoms with Crippen LogP contribution in [0.3, 0.4) is 0 Å². The third kappa shape index (κ3) is 3.14. The molecule has 1 aromatic carbocycles. The van der Waals surface area contributed by atoms with Gasteiger partial charge in [-0.05, 0) is 31.1 Å². The van der Waals surface area contributed by atoms with E-state index in [9.17, 15) is 4.79 Å². The number of aromatic nitrogens is 1. The van der Waals surface area contributed by atoms with E-state index in [1.54, 1.807) is 32.5 Å². The van der Waals surface area contributed by atoms with Crippen molar-refractivity contribution < 1.29 is 14.3 Å². The van der Waals surface area contributed by atoms with Crippen molar-refractivity contribution in [2.75, 3.05) is 25.7 Å². The molecule has 0 bridgehead atoms. The topological polar surface area (TPSA) is 51.7 Å². The molecule has 2 aromatic rings. The first-order valence-corrected chi connectivity index (χ1v) is 8.62. The Morgan fingerprint density at radius 2 is 2.12 bits per heavy atom. The van der Waals surface area contributed by atoms with Gasteiger partial charge in [-0.1, -0.05) is 23.5 Å². The lowest BCUT2D eigenvalue weighted by Gasteiger charge is -2.24. The van der Waals surface area contributed by atoms with Crippen molar-refractivity contribution in [1.82, 2.24) is 4.98 Å². The first-order chi connectivity index (χ1) is 11.6. The zero-order chi connectivity index (χ0) is 17.1. The van der Waals surface area contributed by atoms with Crippen LogP contribution in [0.25, 0.3) is 12.2 Å². The fourth-order valence-electron chi connectivity index (χ4n) is 2.82. The van der Waals surface area contributed by atoms with Crippen molar-refractivity contribution in [3.05, 3.63) is 34.5 Å². The number of benzene rings is 1. The molecule has 1 aliphatic heterocycles. The average Bonchev–Trinajstić information content (AvgIpc) is 3.02. The van der Waals surface area contributed by atoms with Gasteiger partial charge in [0.25, 0.3) is 0 Å². The second kappa shape index (κ2) is 7.05. The Balaban J connectivity index is 1.90. The van der Waals surface area contributed by atoms with Crippen molar-refractivity contribution in [2.24, 2.45) is 0 Å². The molecule has 0 fully saturated rings. The number of carbonyl (C=O) groups excluding carboxylic acids is 1. The molecule has 3 rings (SSSR count). The lowest BCUT2D eigenvalue weighted by atomic mass is 10.1. The van der Waals surface area contributed by atoms with Gasteiger partial charge < -0.3 is 14.4 Å². The molecule has 24 heavy (non-hydrogen) atoms. The summed E-state index contributed by atoms with van der Waals surface area (Å²) in [6.45, 7) is 2.38. The number of para-hydroxylation sites is 1. The summed E-state index contributed by atoms with van der Waals surface area (Å²) in [5.74, 6) is 1.47. The number of aryl methyl sites for hydroxylation is 1. The number of nitrogens with zero attached hydrogens (tertiary/aromatic N) is 2. The minimum Gasteiger partial charge on any atom is -0.493 e. The number of methoxy groups -OCH3 is 2. The molecule has 1 aromatic heterocycles. The summed E-state index contributed by atoms with van der Waals surface area (Å²) in [6, 6.07) is 5.75. The van der Waals surface area contributed by atoms with Crippen LogP contribution in [0.2, 0.25) is 0 Å². The Kier molecular flexibility index (Phi) is 4.85. The number of fused-ring (bicyclic) bond motifs is 1. The number of anilines is 1. The van der Waals surface area contributed by atoms with Crippen molar-refractivity contribution in [3.63, 3.8) is 0 Å². The standard InChI is InChI=1S/C18H20N2O3S/c1-12(21)20-11-5-7-14-18(20)24-16(19-14)10-9-13-6-4-8-15(22-2)17(13)23-3/h4,6,8-10H,5,7,11H2,1-3H3. The summed E-state index contributed by atoms with van der Waals surface area (Å²) in [7, 11) is 3.25. The molecule has 5 nitrogen and oxygen atoms in total. The predicted molar refractivity (Wildman–Crippen MR) is 96.9 cm³/mol. The van der Waals surface area contributed by atoms with Crippen LogP contribution in [0.15, 0.2) is 18.2 Å². The number of thiazole rings is 1. The van der Waals surface area contributed by atoms with E-state index in [1.807, 2.05) is 35.3 Å². The van der Waals surface area contributed by atoms with E-state index in [1.165, 1.54) is 0 Å². The second-order valence-corrected chi connectivity index (χ2v) is 6.50. The second-order valence-electron chi connectivity index (χ2n) is 5.49. The SMILES string of the molecule is COc1cccc(C=Cc2nc3c(s2)N(C(C)=O)CCC3)c1OC. The Labute approximate surface area is 145 Å². The van der Waals surface area contributed by atoms with Crippen LogP contribution in [0, 0.1) is 0 Å². The van der Waals surface area contributed by atoms with Crippen molar-refractivity contribution >= 4 is 34.4 Å². The molecule has 2 heterocycles. The highest BCUT2D eigenvalue weighted by atomic mass is 32.1. The van der Waals surface area contributed by atoms with Crippen LogP contribution in [0.1, 0.15) is 29.6 Å². The van der Waals surface area contributed by atoms with Gasteiger partial charge >= 0.3 is 0 Å². The predicted octanol–water partition coefficient (Wildman–Crippen LogP) is 3.63. The largest absolute Gasteiger partial charge is 0.493 e. The lowest BCUT2D eigenvalue weighted by Crippen LogP contribution is -2.32. The first-order valence-electron chi connectivity index (χ1n) is 7.81. The molecule has 126 valence electrons. The summed E-state index contributed by atoms with van der Waals surface area (Å²) in [6.07, 6.45) is 5.80. The van der Waals surface area contributed by atoms with Crippen LogP contribution in [0.4, 0.5) is 5.00 Å². The molecule has 0 unspecified atom stereocenters. The van der Waals surface area contributed by atoms with Gasteiger partial charge in [0, 0.05) is 19.0 Å². The Hall–Kier alpha value is -2.34. The molecule has 1 amide bonds. The quantitative estimate of drug-likeness (QED) is 0.850. The van der Waals surface area contributed by atoms with Gasteiger partial charge in [-0.2, -0.15) is 0 Å². The number of carbonyl (C=O) groups is 1. The van der Waals surface area contributed by atoms with E-state index in [-0.39, 0.29) is 5.91 Å². The number of rotatable bonds is 4. The van der Waals surface area contributed by atoms with Gasteiger partial charge in [-0.25, -0.2) is 4.98 Å². The maximum absolute atomic E-state index is 11.8. The van der Waals surface area contributed by atoms with Crippen molar-refractivity contribution in [2.45, 2.75) is 19.8 Å². The number of hydrogen-bond donors (Lipinski definition) is 0. The average molecular weight is 344 g/mol. The Morgan fingerprint density at radius 3 is 2.83 bits per heavy atom. The van der Waals surface area contributed by atoms with E-state index in [0.29, 0.717) is 11.5 Å². The van der Waals surface area contributed by atoms with Crippen LogP contribution < -0.4 is 14.4 Å². The monoisotopic (exact) mass is 344 g/mol. The zero-order valence-electron chi connectivity index (χ0n) is 14.0. The van der Waals surface area contributed by atoms with Crippen molar-refractivity contribution in [1.29, 1.82) is 0 Å². The Morgan fingerprint density at radius 1 is 1.29 bits per heavy atom. The number of ether oxygens (including phenoxy) is 2. The van der Waals surface area contributed by atoms with Gasteiger partial charge in [0.1, 0.15) is 10.0 Å².